The minimum Gasteiger partial charge on any atom is -0.357 e. The molecule has 0 aliphatic carbocycles. The second kappa shape index (κ2) is 5.63. The lowest BCUT2D eigenvalue weighted by Gasteiger charge is -2.05. The number of nitrogens with one attached hydrogen (secondary N) is 1. The second-order valence-corrected chi connectivity index (χ2v) is 4.81. The number of imidazole rings is 1. The van der Waals surface area contributed by atoms with Crippen LogP contribution in [0.15, 0.2) is 36.9 Å². The van der Waals surface area contributed by atoms with Crippen LogP contribution in [0.5, 0.6) is 0 Å². The first kappa shape index (κ1) is 13.1. The third-order valence-corrected chi connectivity index (χ3v) is 3.23. The van der Waals surface area contributed by atoms with Gasteiger partial charge in [0.1, 0.15) is 11.8 Å². The first-order valence-corrected chi connectivity index (χ1v) is 6.66. The predicted octanol–water partition coefficient (Wildman–Crippen LogP) is 2.23. The van der Waals surface area contributed by atoms with Gasteiger partial charge in [0, 0.05) is 0 Å². The third-order valence-electron chi connectivity index (χ3n) is 3.23. The number of benzene rings is 1. The molecule has 0 amide bonds. The molecule has 0 atom stereocenters. The molecule has 0 aliphatic rings. The topological polar surface area (TPSA) is 55.6 Å². The summed E-state index contributed by atoms with van der Waals surface area (Å²) < 4.78 is 2.00. The molecular weight excluding hydrogens is 262 g/mol. The molecule has 0 aliphatic heterocycles. The van der Waals surface area contributed by atoms with E-state index in [0.717, 1.165) is 17.7 Å². The van der Waals surface area contributed by atoms with E-state index in [0.29, 0.717) is 12.4 Å². The van der Waals surface area contributed by atoms with Crippen molar-refractivity contribution >= 4 is 17.0 Å². The molecule has 0 bridgehead atoms. The van der Waals surface area contributed by atoms with Crippen molar-refractivity contribution in [3.8, 4) is 12.3 Å². The summed E-state index contributed by atoms with van der Waals surface area (Å²) in [6, 6.07) is 8.42. The number of anilines is 1. The molecule has 1 N–H and O–H groups in total. The number of aryl methyl sites for hydroxylation is 1. The van der Waals surface area contributed by atoms with Gasteiger partial charge < -0.3 is 9.88 Å². The van der Waals surface area contributed by atoms with Gasteiger partial charge in [-0.1, -0.05) is 35.7 Å². The molecule has 0 unspecified atom stereocenters. The van der Waals surface area contributed by atoms with Crippen molar-refractivity contribution < 1.29 is 0 Å². The quantitative estimate of drug-likeness (QED) is 0.743. The van der Waals surface area contributed by atoms with E-state index in [9.17, 15) is 0 Å². The van der Waals surface area contributed by atoms with Crippen molar-refractivity contribution in [1.82, 2.24) is 19.5 Å². The highest BCUT2D eigenvalue weighted by molar-refractivity contribution is 5.82. The van der Waals surface area contributed by atoms with E-state index in [4.69, 9.17) is 6.42 Å². The SMILES string of the molecule is C#CCNc1ncnc2c1ncn2Cc1ccc(C)cc1. The Bertz CT molecular complexity index is 796. The van der Waals surface area contributed by atoms with Gasteiger partial charge in [0.05, 0.1) is 19.4 Å². The average molecular weight is 277 g/mol. The molecule has 0 spiro atoms. The predicted molar refractivity (Wildman–Crippen MR) is 82.9 cm³/mol. The molecule has 104 valence electrons. The largest absolute Gasteiger partial charge is 0.357 e. The molecule has 3 aromatic rings. The molecule has 21 heavy (non-hydrogen) atoms. The van der Waals surface area contributed by atoms with Gasteiger partial charge in [-0.25, -0.2) is 15.0 Å². The van der Waals surface area contributed by atoms with Crippen LogP contribution in [-0.2, 0) is 6.54 Å². The number of rotatable bonds is 4. The van der Waals surface area contributed by atoms with Gasteiger partial charge in [-0.3, -0.25) is 0 Å². The Morgan fingerprint density at radius 1 is 1.19 bits per heavy atom. The minimum absolute atomic E-state index is 0.414. The first-order chi connectivity index (χ1) is 10.3. The Kier molecular flexibility index (Phi) is 3.52. The van der Waals surface area contributed by atoms with Crippen molar-refractivity contribution in [3.63, 3.8) is 0 Å². The maximum absolute atomic E-state index is 5.26. The van der Waals surface area contributed by atoms with Crippen molar-refractivity contribution in [1.29, 1.82) is 0 Å². The van der Waals surface area contributed by atoms with Crippen LogP contribution < -0.4 is 5.32 Å². The lowest BCUT2D eigenvalue weighted by atomic mass is 10.1. The van der Waals surface area contributed by atoms with Crippen LogP contribution in [0, 0.1) is 19.3 Å². The van der Waals surface area contributed by atoms with Crippen LogP contribution in [0.2, 0.25) is 0 Å². The lowest BCUT2D eigenvalue weighted by molar-refractivity contribution is 0.813. The minimum atomic E-state index is 0.414. The average Bonchev–Trinajstić information content (AvgIpc) is 2.91. The summed E-state index contributed by atoms with van der Waals surface area (Å²) in [6.07, 6.45) is 8.56. The molecule has 0 saturated heterocycles. The van der Waals surface area contributed by atoms with E-state index in [-0.39, 0.29) is 0 Å². The summed E-state index contributed by atoms with van der Waals surface area (Å²) in [5, 5.41) is 3.06. The van der Waals surface area contributed by atoms with Crippen LogP contribution >= 0.6 is 0 Å². The Labute approximate surface area is 123 Å². The monoisotopic (exact) mass is 277 g/mol. The molecular formula is C16H15N5. The van der Waals surface area contributed by atoms with Crippen molar-refractivity contribution in [2.45, 2.75) is 13.5 Å². The number of hydrogen-bond acceptors (Lipinski definition) is 4. The third kappa shape index (κ3) is 2.70. The number of terminal acetylenes is 1. The summed E-state index contributed by atoms with van der Waals surface area (Å²) >= 11 is 0. The Morgan fingerprint density at radius 2 is 2.00 bits per heavy atom. The normalized spacial score (nSPS) is 10.5. The van der Waals surface area contributed by atoms with E-state index in [1.807, 2.05) is 4.57 Å². The zero-order chi connectivity index (χ0) is 14.7. The van der Waals surface area contributed by atoms with Gasteiger partial charge >= 0.3 is 0 Å². The summed E-state index contributed by atoms with van der Waals surface area (Å²) in [4.78, 5) is 12.9. The standard InChI is InChI=1S/C16H15N5/c1-3-8-17-15-14-16(19-10-18-15)21(11-20-14)9-13-6-4-12(2)5-7-13/h1,4-7,10-11H,8-9H2,2H3,(H,17,18,19). The number of fused-ring (bicyclic) bond motifs is 1. The maximum Gasteiger partial charge on any atom is 0.165 e. The highest BCUT2D eigenvalue weighted by atomic mass is 15.1. The highest BCUT2D eigenvalue weighted by Crippen LogP contribution is 2.18. The molecule has 3 rings (SSSR count). The molecule has 2 heterocycles. The Hall–Kier alpha value is -2.87. The van der Waals surface area contributed by atoms with Gasteiger partial charge in [0.25, 0.3) is 0 Å². The smallest absolute Gasteiger partial charge is 0.165 e. The van der Waals surface area contributed by atoms with Gasteiger partial charge in [-0.05, 0) is 12.5 Å². The van der Waals surface area contributed by atoms with E-state index in [1.54, 1.807) is 6.33 Å². The molecule has 2 aromatic heterocycles. The summed E-state index contributed by atoms with van der Waals surface area (Å²) in [5.41, 5.74) is 3.99. The zero-order valence-electron chi connectivity index (χ0n) is 11.7. The maximum atomic E-state index is 5.26. The summed E-state index contributed by atoms with van der Waals surface area (Å²) in [6.45, 7) is 3.21. The molecule has 1 aromatic carbocycles. The van der Waals surface area contributed by atoms with Gasteiger partial charge in [0.15, 0.2) is 11.5 Å². The first-order valence-electron chi connectivity index (χ1n) is 6.66. The fourth-order valence-electron chi connectivity index (χ4n) is 2.15. The van der Waals surface area contributed by atoms with Gasteiger partial charge in [-0.15, -0.1) is 6.42 Å². The summed E-state index contributed by atoms with van der Waals surface area (Å²) in [5.74, 6) is 3.19. The van der Waals surface area contributed by atoms with Crippen LogP contribution in [0.25, 0.3) is 11.2 Å². The zero-order valence-corrected chi connectivity index (χ0v) is 11.7. The Morgan fingerprint density at radius 3 is 2.76 bits per heavy atom. The van der Waals surface area contributed by atoms with Crippen molar-refractivity contribution in [2.24, 2.45) is 0 Å². The Balaban J connectivity index is 1.93. The molecule has 5 nitrogen and oxygen atoms in total. The summed E-state index contributed by atoms with van der Waals surface area (Å²) in [7, 11) is 0. The lowest BCUT2D eigenvalue weighted by Crippen LogP contribution is -2.03. The fraction of sp³-hybridized carbons (Fsp3) is 0.188. The van der Waals surface area contributed by atoms with Gasteiger partial charge in [-0.2, -0.15) is 0 Å². The van der Waals surface area contributed by atoms with E-state index in [2.05, 4.69) is 57.4 Å². The van der Waals surface area contributed by atoms with Crippen LogP contribution in [0.1, 0.15) is 11.1 Å². The van der Waals surface area contributed by atoms with Crippen LogP contribution in [0.4, 0.5) is 5.82 Å². The van der Waals surface area contributed by atoms with Crippen molar-refractivity contribution in [2.75, 3.05) is 11.9 Å². The van der Waals surface area contributed by atoms with Crippen LogP contribution in [-0.4, -0.2) is 26.1 Å². The molecule has 5 heteroatoms. The molecule has 0 saturated carbocycles. The van der Waals surface area contributed by atoms with Gasteiger partial charge in [0.2, 0.25) is 0 Å². The molecule has 0 radical (unpaired) electrons. The van der Waals surface area contributed by atoms with Crippen molar-refractivity contribution in [3.05, 3.63) is 48.0 Å². The second-order valence-electron chi connectivity index (χ2n) is 4.81. The van der Waals surface area contributed by atoms with E-state index < -0.39 is 0 Å². The highest BCUT2D eigenvalue weighted by Gasteiger charge is 2.09. The van der Waals surface area contributed by atoms with Crippen LogP contribution in [0.3, 0.4) is 0 Å². The number of aromatic nitrogens is 4. The fourth-order valence-corrected chi connectivity index (χ4v) is 2.15. The number of hydrogen-bond donors (Lipinski definition) is 1. The van der Waals surface area contributed by atoms with E-state index >= 15 is 0 Å². The number of nitrogens with zero attached hydrogens (tertiary/aromatic N) is 4. The molecule has 0 fully saturated rings. The van der Waals surface area contributed by atoms with E-state index in [1.165, 1.54) is 17.5 Å².